The summed E-state index contributed by atoms with van der Waals surface area (Å²) in [5, 5.41) is 2.26. The summed E-state index contributed by atoms with van der Waals surface area (Å²) in [6.45, 7) is 0. The second-order valence-electron chi connectivity index (χ2n) is 3.31. The van der Waals surface area contributed by atoms with Crippen molar-refractivity contribution in [2.45, 2.75) is 0 Å². The summed E-state index contributed by atoms with van der Waals surface area (Å²) in [5.74, 6) is 0. The van der Waals surface area contributed by atoms with Crippen LogP contribution in [0.15, 0.2) is 42.9 Å². The Hall–Kier alpha value is -0.986. The molecule has 0 aliphatic carbocycles. The van der Waals surface area contributed by atoms with Gasteiger partial charge in [0.05, 0.1) is 0 Å². The number of hydrogen-bond acceptors (Lipinski definition) is 1. The van der Waals surface area contributed by atoms with Crippen LogP contribution in [-0.2, 0) is 32.7 Å². The van der Waals surface area contributed by atoms with E-state index in [9.17, 15) is 0 Å². The Morgan fingerprint density at radius 2 is 2.06 bits per heavy atom. The van der Waals surface area contributed by atoms with Crippen LogP contribution in [0.25, 0.3) is 22.0 Å². The van der Waals surface area contributed by atoms with Gasteiger partial charge in [-0.2, -0.15) is 17.8 Å². The van der Waals surface area contributed by atoms with Crippen molar-refractivity contribution in [3.8, 4) is 11.3 Å². The molecule has 0 saturated carbocycles. The van der Waals surface area contributed by atoms with Crippen molar-refractivity contribution >= 4 is 10.8 Å². The molecule has 0 saturated heterocycles. The number of nitrogens with zero attached hydrogens (tertiary/aromatic N) is 1. The van der Waals surface area contributed by atoms with Gasteiger partial charge in [0.2, 0.25) is 0 Å². The van der Waals surface area contributed by atoms with E-state index in [0.717, 1.165) is 16.6 Å². The van der Waals surface area contributed by atoms with Crippen molar-refractivity contribution in [3.63, 3.8) is 0 Å². The summed E-state index contributed by atoms with van der Waals surface area (Å²) in [4.78, 5) is 7.27. The smallest absolute Gasteiger partial charge is 0.0247 e. The number of fused-ring (bicyclic) bond motifs is 1. The van der Waals surface area contributed by atoms with E-state index in [-0.39, 0.29) is 32.7 Å². The van der Waals surface area contributed by atoms with Gasteiger partial charge >= 0.3 is 0 Å². The minimum Gasteiger partial charge on any atom is -0.474 e. The number of aromatic nitrogens is 2. The largest absolute Gasteiger partial charge is 0.474 e. The molecular formula is C13H8N2Y-2. The summed E-state index contributed by atoms with van der Waals surface area (Å²) in [7, 11) is 0. The van der Waals surface area contributed by atoms with Gasteiger partial charge in [0.15, 0.2) is 0 Å². The van der Waals surface area contributed by atoms with E-state index in [1.807, 2.05) is 36.7 Å². The first-order chi connectivity index (χ1) is 7.45. The number of nitrogens with one attached hydrogen (secondary N) is 1. The zero-order valence-corrected chi connectivity index (χ0v) is 11.4. The maximum absolute atomic E-state index is 4.14. The van der Waals surface area contributed by atoms with Gasteiger partial charge in [-0.25, -0.2) is 17.7 Å². The molecule has 2 heterocycles. The Balaban J connectivity index is 0.000000963. The number of benzene rings is 1. The van der Waals surface area contributed by atoms with Gasteiger partial charge in [-0.1, -0.05) is 6.07 Å². The summed E-state index contributed by atoms with van der Waals surface area (Å²) >= 11 is 0. The molecule has 0 aliphatic heterocycles. The Bertz CT molecular complexity index is 582. The average molecular weight is 281 g/mol. The van der Waals surface area contributed by atoms with E-state index in [0.29, 0.717) is 0 Å². The molecule has 0 spiro atoms. The van der Waals surface area contributed by atoms with Crippen molar-refractivity contribution < 1.29 is 32.7 Å². The molecular weight excluding hydrogens is 273 g/mol. The normalized spacial score (nSPS) is 10.0. The van der Waals surface area contributed by atoms with E-state index in [1.54, 1.807) is 6.20 Å². The first-order valence-electron chi connectivity index (χ1n) is 4.75. The first-order valence-corrected chi connectivity index (χ1v) is 4.75. The molecule has 2 nitrogen and oxygen atoms in total. The second-order valence-corrected chi connectivity index (χ2v) is 3.31. The zero-order valence-electron chi connectivity index (χ0n) is 8.57. The van der Waals surface area contributed by atoms with Crippen LogP contribution in [0.4, 0.5) is 0 Å². The van der Waals surface area contributed by atoms with Crippen LogP contribution in [0.2, 0.25) is 0 Å². The summed E-state index contributed by atoms with van der Waals surface area (Å²) in [5.41, 5.74) is 1.97. The van der Waals surface area contributed by atoms with Crippen LogP contribution < -0.4 is 0 Å². The number of pyridine rings is 1. The van der Waals surface area contributed by atoms with Gasteiger partial charge in [-0.05, 0) is 6.20 Å². The van der Waals surface area contributed by atoms with Gasteiger partial charge < -0.3 is 4.98 Å². The molecule has 0 amide bonds. The predicted molar refractivity (Wildman–Crippen MR) is 59.2 cm³/mol. The predicted octanol–water partition coefficient (Wildman–Crippen LogP) is 2.83. The summed E-state index contributed by atoms with van der Waals surface area (Å²) < 4.78 is 0. The van der Waals surface area contributed by atoms with Gasteiger partial charge in [-0.3, -0.25) is 4.98 Å². The Labute approximate surface area is 119 Å². The third-order valence-corrected chi connectivity index (χ3v) is 2.40. The first kappa shape index (κ1) is 11.5. The maximum atomic E-state index is 4.14. The van der Waals surface area contributed by atoms with Crippen LogP contribution in [0, 0.1) is 12.1 Å². The molecule has 0 aliphatic rings. The van der Waals surface area contributed by atoms with E-state index < -0.39 is 0 Å². The third kappa shape index (κ3) is 1.95. The Kier molecular flexibility index (Phi) is 3.52. The summed E-state index contributed by atoms with van der Waals surface area (Å²) in [6.07, 6.45) is 5.51. The molecule has 1 N–H and O–H groups in total. The van der Waals surface area contributed by atoms with Crippen molar-refractivity contribution in [1.82, 2.24) is 9.97 Å². The van der Waals surface area contributed by atoms with Crippen molar-refractivity contribution in [2.24, 2.45) is 0 Å². The average Bonchev–Trinajstić information content (AvgIpc) is 2.82. The Morgan fingerprint density at radius 3 is 2.88 bits per heavy atom. The molecule has 0 atom stereocenters. The SMILES string of the molecule is [Y].[c-]1cc[nH]c1-c1[c-]ccc2ccncc12. The third-order valence-electron chi connectivity index (χ3n) is 2.40. The van der Waals surface area contributed by atoms with Crippen LogP contribution in [0.3, 0.4) is 0 Å². The molecule has 3 aromatic rings. The van der Waals surface area contributed by atoms with E-state index in [2.05, 4.69) is 22.1 Å². The van der Waals surface area contributed by atoms with Crippen molar-refractivity contribution in [2.75, 3.05) is 0 Å². The molecule has 0 unspecified atom stereocenters. The number of rotatable bonds is 1. The van der Waals surface area contributed by atoms with Crippen LogP contribution in [0.5, 0.6) is 0 Å². The zero-order chi connectivity index (χ0) is 10.1. The monoisotopic (exact) mass is 281 g/mol. The van der Waals surface area contributed by atoms with Gasteiger partial charge in [0, 0.05) is 38.9 Å². The second kappa shape index (κ2) is 4.90. The minimum atomic E-state index is 0. The van der Waals surface area contributed by atoms with Gasteiger partial charge in [-0.15, -0.1) is 23.0 Å². The Morgan fingerprint density at radius 1 is 1.12 bits per heavy atom. The fourth-order valence-corrected chi connectivity index (χ4v) is 1.69. The van der Waals surface area contributed by atoms with E-state index in [1.165, 1.54) is 5.39 Å². The van der Waals surface area contributed by atoms with Crippen LogP contribution >= 0.6 is 0 Å². The molecule has 3 rings (SSSR count). The van der Waals surface area contributed by atoms with Crippen LogP contribution in [-0.4, -0.2) is 9.97 Å². The molecule has 1 radical (unpaired) electrons. The number of aromatic amines is 1. The molecule has 0 bridgehead atoms. The molecule has 3 heteroatoms. The number of hydrogen-bond donors (Lipinski definition) is 1. The molecule has 0 fully saturated rings. The fourth-order valence-electron chi connectivity index (χ4n) is 1.69. The van der Waals surface area contributed by atoms with E-state index in [4.69, 9.17) is 0 Å². The van der Waals surface area contributed by atoms with Gasteiger partial charge in [0.25, 0.3) is 0 Å². The van der Waals surface area contributed by atoms with Crippen molar-refractivity contribution in [1.29, 1.82) is 0 Å². The fraction of sp³-hybridized carbons (Fsp3) is 0. The molecule has 16 heavy (non-hydrogen) atoms. The molecule has 75 valence electrons. The van der Waals surface area contributed by atoms with E-state index >= 15 is 0 Å². The van der Waals surface area contributed by atoms with Crippen molar-refractivity contribution in [3.05, 3.63) is 55.0 Å². The molecule has 2 aromatic heterocycles. The minimum absolute atomic E-state index is 0. The van der Waals surface area contributed by atoms with Crippen LogP contribution in [0.1, 0.15) is 0 Å². The quantitative estimate of drug-likeness (QED) is 0.683. The molecule has 1 aromatic carbocycles. The maximum Gasteiger partial charge on any atom is 0.0247 e. The summed E-state index contributed by atoms with van der Waals surface area (Å²) in [6, 6.07) is 14.2. The van der Waals surface area contributed by atoms with Gasteiger partial charge in [0.1, 0.15) is 0 Å². The standard InChI is InChI=1S/C13H8N2.Y/c1-3-10-6-8-14-9-12(10)11(4-1)13-5-2-7-15-13;/h1-3,6-9,15H;/q-2;. The topological polar surface area (TPSA) is 28.7 Å². The number of H-pyrrole nitrogens is 1.